The molecule has 2 amide bonds. The number of likely N-dealkylation sites (N-methyl/N-ethyl adjacent to an activating group) is 1. The zero-order valence-electron chi connectivity index (χ0n) is 15.5. The van der Waals surface area contributed by atoms with Crippen LogP contribution in [0.1, 0.15) is 10.4 Å². The van der Waals surface area contributed by atoms with Crippen LogP contribution in [0.2, 0.25) is 5.02 Å². The molecule has 4 rings (SSSR count). The molecule has 0 saturated heterocycles. The Labute approximate surface area is 167 Å². The van der Waals surface area contributed by atoms with E-state index < -0.39 is 6.10 Å². The highest BCUT2D eigenvalue weighted by Crippen LogP contribution is 2.40. The lowest BCUT2D eigenvalue weighted by Crippen LogP contribution is -2.50. The molecular weight excluding hydrogens is 384 g/mol. The molecule has 28 heavy (non-hydrogen) atoms. The highest BCUT2D eigenvalue weighted by molar-refractivity contribution is 6.33. The Morgan fingerprint density at radius 2 is 1.86 bits per heavy atom. The molecule has 0 aromatic heterocycles. The maximum absolute atomic E-state index is 13.3. The molecule has 0 bridgehead atoms. The zero-order valence-corrected chi connectivity index (χ0v) is 16.2. The van der Waals surface area contributed by atoms with Crippen molar-refractivity contribution >= 4 is 29.1 Å². The van der Waals surface area contributed by atoms with E-state index in [9.17, 15) is 9.59 Å². The Hall–Kier alpha value is -2.93. The predicted octanol–water partition coefficient (Wildman–Crippen LogP) is 2.61. The van der Waals surface area contributed by atoms with Gasteiger partial charge in [0.05, 0.1) is 17.3 Å². The summed E-state index contributed by atoms with van der Waals surface area (Å²) < 4.78 is 16.9. The van der Waals surface area contributed by atoms with Crippen LogP contribution in [0, 0.1) is 0 Å². The fraction of sp³-hybridized carbons (Fsp3) is 0.300. The first-order valence-corrected chi connectivity index (χ1v) is 9.21. The van der Waals surface area contributed by atoms with Crippen molar-refractivity contribution in [1.29, 1.82) is 0 Å². The number of anilines is 1. The van der Waals surface area contributed by atoms with Gasteiger partial charge in [0.15, 0.2) is 17.6 Å². The third-order valence-corrected chi connectivity index (χ3v) is 4.86. The van der Waals surface area contributed by atoms with Crippen molar-refractivity contribution in [2.24, 2.45) is 0 Å². The standard InChI is InChI=1S/C20H19ClN2O5/c1-22(2)20(25)17-11-23(14-5-3-4-6-15(14)28-17)19(24)12-9-13(21)18-16(10-12)26-7-8-27-18/h3-6,9-10,17H,7-8,11H2,1-2H3/t17-/m1/s1. The second-order valence-electron chi connectivity index (χ2n) is 6.70. The van der Waals surface area contributed by atoms with Crippen molar-refractivity contribution in [3.05, 3.63) is 47.0 Å². The van der Waals surface area contributed by atoms with E-state index in [1.807, 2.05) is 6.07 Å². The van der Waals surface area contributed by atoms with Crippen molar-refractivity contribution in [1.82, 2.24) is 4.90 Å². The molecule has 8 heteroatoms. The molecule has 0 saturated carbocycles. The number of halogens is 1. The van der Waals surface area contributed by atoms with Crippen molar-refractivity contribution in [3.8, 4) is 17.2 Å². The number of hydrogen-bond acceptors (Lipinski definition) is 5. The average molecular weight is 403 g/mol. The van der Waals surface area contributed by atoms with Crippen LogP contribution in [0.4, 0.5) is 5.69 Å². The van der Waals surface area contributed by atoms with Gasteiger partial charge in [-0.2, -0.15) is 0 Å². The van der Waals surface area contributed by atoms with E-state index in [4.69, 9.17) is 25.8 Å². The fourth-order valence-electron chi connectivity index (χ4n) is 3.23. The third kappa shape index (κ3) is 3.22. The van der Waals surface area contributed by atoms with E-state index in [1.54, 1.807) is 44.4 Å². The van der Waals surface area contributed by atoms with Crippen LogP contribution in [0.5, 0.6) is 17.2 Å². The number of carbonyl (C=O) groups is 2. The number of nitrogens with zero attached hydrogens (tertiary/aromatic N) is 2. The number of rotatable bonds is 2. The van der Waals surface area contributed by atoms with Gasteiger partial charge in [-0.1, -0.05) is 23.7 Å². The third-order valence-electron chi connectivity index (χ3n) is 4.58. The van der Waals surface area contributed by atoms with Crippen LogP contribution in [0.3, 0.4) is 0 Å². The van der Waals surface area contributed by atoms with E-state index in [2.05, 4.69) is 0 Å². The fourth-order valence-corrected chi connectivity index (χ4v) is 3.50. The maximum atomic E-state index is 13.3. The molecule has 0 fully saturated rings. The minimum absolute atomic E-state index is 0.0962. The molecule has 0 unspecified atom stereocenters. The van der Waals surface area contributed by atoms with Crippen LogP contribution in [-0.4, -0.2) is 56.7 Å². The molecule has 2 aromatic rings. The van der Waals surface area contributed by atoms with Gasteiger partial charge < -0.3 is 24.0 Å². The number of benzene rings is 2. The van der Waals surface area contributed by atoms with Crippen LogP contribution in [-0.2, 0) is 4.79 Å². The monoisotopic (exact) mass is 402 g/mol. The number of carbonyl (C=O) groups excluding carboxylic acids is 2. The summed E-state index contributed by atoms with van der Waals surface area (Å²) >= 11 is 6.29. The first-order chi connectivity index (χ1) is 13.5. The van der Waals surface area contributed by atoms with E-state index in [1.165, 1.54) is 9.80 Å². The second kappa shape index (κ2) is 7.24. The minimum atomic E-state index is -0.790. The largest absolute Gasteiger partial charge is 0.486 e. The summed E-state index contributed by atoms with van der Waals surface area (Å²) in [4.78, 5) is 28.8. The zero-order chi connectivity index (χ0) is 19.8. The van der Waals surface area contributed by atoms with Crippen LogP contribution < -0.4 is 19.1 Å². The van der Waals surface area contributed by atoms with Gasteiger partial charge in [-0.15, -0.1) is 0 Å². The SMILES string of the molecule is CN(C)C(=O)[C@H]1CN(C(=O)c2cc(Cl)c3c(c2)OCCO3)c2ccccc2O1. The highest BCUT2D eigenvalue weighted by atomic mass is 35.5. The minimum Gasteiger partial charge on any atom is -0.486 e. The summed E-state index contributed by atoms with van der Waals surface area (Å²) in [6.07, 6.45) is -0.790. The van der Waals surface area contributed by atoms with E-state index >= 15 is 0 Å². The van der Waals surface area contributed by atoms with Crippen LogP contribution >= 0.6 is 11.6 Å². The van der Waals surface area contributed by atoms with Gasteiger partial charge in [-0.05, 0) is 24.3 Å². The molecule has 7 nitrogen and oxygen atoms in total. The molecule has 2 aliphatic heterocycles. The molecule has 0 radical (unpaired) electrons. The van der Waals surface area contributed by atoms with Gasteiger partial charge in [0.2, 0.25) is 0 Å². The van der Waals surface area contributed by atoms with Crippen LogP contribution in [0.25, 0.3) is 0 Å². The Morgan fingerprint density at radius 3 is 2.64 bits per heavy atom. The topological polar surface area (TPSA) is 68.3 Å². The average Bonchev–Trinajstić information content (AvgIpc) is 2.71. The Kier molecular flexibility index (Phi) is 4.77. The lowest BCUT2D eigenvalue weighted by Gasteiger charge is -2.35. The highest BCUT2D eigenvalue weighted by Gasteiger charge is 2.35. The summed E-state index contributed by atoms with van der Waals surface area (Å²) in [7, 11) is 3.30. The van der Waals surface area contributed by atoms with Crippen molar-refractivity contribution in [2.45, 2.75) is 6.10 Å². The molecule has 0 spiro atoms. The smallest absolute Gasteiger partial charge is 0.265 e. The quantitative estimate of drug-likeness (QED) is 0.772. The first-order valence-electron chi connectivity index (χ1n) is 8.83. The van der Waals surface area contributed by atoms with Crippen molar-refractivity contribution in [2.75, 3.05) is 38.8 Å². The molecular formula is C20H19ClN2O5. The number of fused-ring (bicyclic) bond motifs is 2. The lowest BCUT2D eigenvalue weighted by molar-refractivity contribution is -0.135. The molecule has 0 N–H and O–H groups in total. The van der Waals surface area contributed by atoms with Crippen LogP contribution in [0.15, 0.2) is 36.4 Å². The van der Waals surface area contributed by atoms with E-state index in [0.717, 1.165) is 0 Å². The Bertz CT molecular complexity index is 946. The van der Waals surface area contributed by atoms with Crippen molar-refractivity contribution < 1.29 is 23.8 Å². The second-order valence-corrected chi connectivity index (χ2v) is 7.11. The summed E-state index contributed by atoms with van der Waals surface area (Å²) in [5.41, 5.74) is 0.948. The van der Waals surface area contributed by atoms with E-state index in [-0.39, 0.29) is 18.4 Å². The maximum Gasteiger partial charge on any atom is 0.265 e. The van der Waals surface area contributed by atoms with Gasteiger partial charge in [0.1, 0.15) is 19.0 Å². The van der Waals surface area contributed by atoms with Gasteiger partial charge in [0, 0.05) is 19.7 Å². The van der Waals surface area contributed by atoms with Gasteiger partial charge in [-0.25, -0.2) is 0 Å². The van der Waals surface area contributed by atoms with Crippen molar-refractivity contribution in [3.63, 3.8) is 0 Å². The predicted molar refractivity (Wildman–Crippen MR) is 104 cm³/mol. The van der Waals surface area contributed by atoms with Gasteiger partial charge in [-0.3, -0.25) is 9.59 Å². The Morgan fingerprint density at radius 1 is 1.11 bits per heavy atom. The number of hydrogen-bond donors (Lipinski definition) is 0. The molecule has 146 valence electrons. The number of amides is 2. The number of para-hydroxylation sites is 2. The molecule has 2 aromatic carbocycles. The summed E-state index contributed by atoms with van der Waals surface area (Å²) in [5.74, 6) is 0.835. The van der Waals surface area contributed by atoms with Gasteiger partial charge in [0.25, 0.3) is 11.8 Å². The van der Waals surface area contributed by atoms with Gasteiger partial charge >= 0.3 is 0 Å². The van der Waals surface area contributed by atoms with E-state index in [0.29, 0.717) is 46.7 Å². The molecule has 1 atom stereocenters. The molecule has 0 aliphatic carbocycles. The summed E-state index contributed by atoms with van der Waals surface area (Å²) in [6.45, 7) is 0.894. The molecule has 2 aliphatic rings. The first kappa shape index (κ1) is 18.4. The normalized spacial score (nSPS) is 17.4. The molecule has 2 heterocycles. The number of ether oxygens (including phenoxy) is 3. The summed E-state index contributed by atoms with van der Waals surface area (Å²) in [5, 5.41) is 0.308. The Balaban J connectivity index is 1.72. The lowest BCUT2D eigenvalue weighted by atomic mass is 10.1. The summed E-state index contributed by atoms with van der Waals surface area (Å²) in [6, 6.07) is 10.3.